The Morgan fingerprint density at radius 1 is 1.06 bits per heavy atom. The van der Waals surface area contributed by atoms with Gasteiger partial charge in [0.2, 0.25) is 5.88 Å². The fourth-order valence-corrected chi connectivity index (χ4v) is 1.41. The van der Waals surface area contributed by atoms with Crippen molar-refractivity contribution in [3.05, 3.63) is 47.7 Å². The molecule has 0 spiro atoms. The van der Waals surface area contributed by atoms with Crippen molar-refractivity contribution in [1.29, 1.82) is 0 Å². The SMILES string of the molecule is COc1ccc(COc2ccc(CN)nn2)cc1. The van der Waals surface area contributed by atoms with Crippen LogP contribution in [0, 0.1) is 0 Å². The molecule has 0 aliphatic rings. The zero-order valence-electron chi connectivity index (χ0n) is 10.2. The Labute approximate surface area is 106 Å². The quantitative estimate of drug-likeness (QED) is 0.864. The molecule has 0 atom stereocenters. The molecule has 1 aromatic carbocycles. The smallest absolute Gasteiger partial charge is 0.233 e. The summed E-state index contributed by atoms with van der Waals surface area (Å²) in [5.41, 5.74) is 7.22. The van der Waals surface area contributed by atoms with Crippen LogP contribution in [0.4, 0.5) is 0 Å². The number of nitrogens with two attached hydrogens (primary N) is 1. The molecule has 0 unspecified atom stereocenters. The van der Waals surface area contributed by atoms with Gasteiger partial charge in [-0.05, 0) is 23.8 Å². The first kappa shape index (κ1) is 12.3. The van der Waals surface area contributed by atoms with Crippen LogP contribution in [0.2, 0.25) is 0 Å². The van der Waals surface area contributed by atoms with Crippen LogP contribution in [0.1, 0.15) is 11.3 Å². The van der Waals surface area contributed by atoms with E-state index in [1.807, 2.05) is 24.3 Å². The molecule has 94 valence electrons. The van der Waals surface area contributed by atoms with Gasteiger partial charge in [-0.15, -0.1) is 5.10 Å². The second-order valence-corrected chi connectivity index (χ2v) is 3.70. The Bertz CT molecular complexity index is 435. The normalized spacial score (nSPS) is 10.1. The molecule has 5 nitrogen and oxygen atoms in total. The first-order valence-corrected chi connectivity index (χ1v) is 5.60. The number of benzene rings is 1. The molecule has 5 heteroatoms. The summed E-state index contributed by atoms with van der Waals surface area (Å²) < 4.78 is 10.6. The van der Waals surface area contributed by atoms with E-state index < -0.39 is 0 Å². The lowest BCUT2D eigenvalue weighted by molar-refractivity contribution is 0.289. The molecule has 2 aromatic rings. The van der Waals surface area contributed by atoms with Crippen LogP contribution in [0.3, 0.4) is 0 Å². The van der Waals surface area contributed by atoms with Gasteiger partial charge in [-0.1, -0.05) is 12.1 Å². The second kappa shape index (κ2) is 5.97. The van der Waals surface area contributed by atoms with Crippen LogP contribution in [-0.2, 0) is 13.2 Å². The molecule has 0 aliphatic heterocycles. The van der Waals surface area contributed by atoms with Gasteiger partial charge in [0.05, 0.1) is 12.8 Å². The summed E-state index contributed by atoms with van der Waals surface area (Å²) in [6, 6.07) is 11.2. The minimum Gasteiger partial charge on any atom is -0.497 e. The molecule has 1 heterocycles. The van der Waals surface area contributed by atoms with E-state index in [1.165, 1.54) is 0 Å². The lowest BCUT2D eigenvalue weighted by Gasteiger charge is -2.06. The second-order valence-electron chi connectivity index (χ2n) is 3.70. The standard InChI is InChI=1S/C13H15N3O2/c1-17-12-5-2-10(3-6-12)9-18-13-7-4-11(8-14)15-16-13/h2-7H,8-9,14H2,1H3. The van der Waals surface area contributed by atoms with Crippen LogP contribution in [0.5, 0.6) is 11.6 Å². The summed E-state index contributed by atoms with van der Waals surface area (Å²) in [6.45, 7) is 0.826. The third kappa shape index (κ3) is 3.18. The molecular formula is C13H15N3O2. The first-order chi connectivity index (χ1) is 8.81. The highest BCUT2D eigenvalue weighted by molar-refractivity contribution is 5.27. The fourth-order valence-electron chi connectivity index (χ4n) is 1.41. The Morgan fingerprint density at radius 3 is 2.39 bits per heavy atom. The van der Waals surface area contributed by atoms with Gasteiger partial charge in [0, 0.05) is 12.6 Å². The number of aromatic nitrogens is 2. The minimum absolute atomic E-state index is 0.381. The molecule has 18 heavy (non-hydrogen) atoms. The lowest BCUT2D eigenvalue weighted by Crippen LogP contribution is -2.03. The van der Waals surface area contributed by atoms with E-state index in [2.05, 4.69) is 10.2 Å². The third-order valence-electron chi connectivity index (χ3n) is 2.45. The average molecular weight is 245 g/mol. The van der Waals surface area contributed by atoms with E-state index in [1.54, 1.807) is 19.2 Å². The number of hydrogen-bond donors (Lipinski definition) is 1. The van der Waals surface area contributed by atoms with Gasteiger partial charge in [-0.3, -0.25) is 0 Å². The van der Waals surface area contributed by atoms with Gasteiger partial charge in [-0.2, -0.15) is 5.10 Å². The van der Waals surface area contributed by atoms with Crippen molar-refractivity contribution in [2.45, 2.75) is 13.2 Å². The third-order valence-corrected chi connectivity index (χ3v) is 2.45. The molecule has 0 amide bonds. The Hall–Kier alpha value is -2.14. The average Bonchev–Trinajstić information content (AvgIpc) is 2.46. The number of methoxy groups -OCH3 is 1. The molecule has 0 saturated carbocycles. The van der Waals surface area contributed by atoms with Crippen LogP contribution in [0.25, 0.3) is 0 Å². The van der Waals surface area contributed by atoms with E-state index in [4.69, 9.17) is 15.2 Å². The topological polar surface area (TPSA) is 70.3 Å². The highest BCUT2D eigenvalue weighted by atomic mass is 16.5. The zero-order chi connectivity index (χ0) is 12.8. The van der Waals surface area contributed by atoms with Gasteiger partial charge < -0.3 is 15.2 Å². The van der Waals surface area contributed by atoms with Crippen LogP contribution in [0.15, 0.2) is 36.4 Å². The lowest BCUT2D eigenvalue weighted by atomic mass is 10.2. The van der Waals surface area contributed by atoms with Crippen molar-refractivity contribution >= 4 is 0 Å². The van der Waals surface area contributed by atoms with E-state index >= 15 is 0 Å². The van der Waals surface area contributed by atoms with Crippen molar-refractivity contribution in [3.63, 3.8) is 0 Å². The molecule has 0 aliphatic carbocycles. The van der Waals surface area contributed by atoms with E-state index in [-0.39, 0.29) is 0 Å². The molecule has 0 bridgehead atoms. The van der Waals surface area contributed by atoms with Gasteiger partial charge in [0.1, 0.15) is 12.4 Å². The first-order valence-electron chi connectivity index (χ1n) is 5.60. The number of nitrogens with zero attached hydrogens (tertiary/aromatic N) is 2. The minimum atomic E-state index is 0.381. The Balaban J connectivity index is 1.93. The number of hydrogen-bond acceptors (Lipinski definition) is 5. The predicted molar refractivity (Wildman–Crippen MR) is 67.2 cm³/mol. The van der Waals surface area contributed by atoms with Crippen molar-refractivity contribution in [3.8, 4) is 11.6 Å². The van der Waals surface area contributed by atoms with Crippen LogP contribution in [-0.4, -0.2) is 17.3 Å². The maximum absolute atomic E-state index is 5.51. The van der Waals surface area contributed by atoms with Crippen molar-refractivity contribution < 1.29 is 9.47 Å². The molecule has 1 aromatic heterocycles. The summed E-state index contributed by atoms with van der Waals surface area (Å²) in [5.74, 6) is 1.31. The number of rotatable bonds is 5. The highest BCUT2D eigenvalue weighted by Gasteiger charge is 1.99. The van der Waals surface area contributed by atoms with E-state index in [9.17, 15) is 0 Å². The van der Waals surface area contributed by atoms with Crippen molar-refractivity contribution in [2.24, 2.45) is 5.73 Å². The van der Waals surface area contributed by atoms with Crippen LogP contribution >= 0.6 is 0 Å². The molecule has 0 fully saturated rings. The highest BCUT2D eigenvalue weighted by Crippen LogP contribution is 2.13. The summed E-state index contributed by atoms with van der Waals surface area (Å²) in [4.78, 5) is 0. The summed E-state index contributed by atoms with van der Waals surface area (Å²) in [6.07, 6.45) is 0. The van der Waals surface area contributed by atoms with Gasteiger partial charge in [0.25, 0.3) is 0 Å². The van der Waals surface area contributed by atoms with Crippen molar-refractivity contribution in [1.82, 2.24) is 10.2 Å². The monoisotopic (exact) mass is 245 g/mol. The molecular weight excluding hydrogens is 230 g/mol. The predicted octanol–water partition coefficient (Wildman–Crippen LogP) is 1.52. The molecule has 2 N–H and O–H groups in total. The summed E-state index contributed by atoms with van der Waals surface area (Å²) in [7, 11) is 1.64. The number of ether oxygens (including phenoxy) is 2. The maximum atomic E-state index is 5.51. The van der Waals surface area contributed by atoms with Crippen LogP contribution < -0.4 is 15.2 Å². The van der Waals surface area contributed by atoms with Gasteiger partial charge >= 0.3 is 0 Å². The molecule has 0 radical (unpaired) electrons. The van der Waals surface area contributed by atoms with E-state index in [0.717, 1.165) is 17.0 Å². The Kier molecular flexibility index (Phi) is 4.09. The van der Waals surface area contributed by atoms with Crippen molar-refractivity contribution in [2.75, 3.05) is 7.11 Å². The molecule has 0 saturated heterocycles. The maximum Gasteiger partial charge on any atom is 0.233 e. The Morgan fingerprint density at radius 2 is 1.83 bits per heavy atom. The zero-order valence-corrected chi connectivity index (χ0v) is 10.2. The molecule has 2 rings (SSSR count). The van der Waals surface area contributed by atoms with Gasteiger partial charge in [-0.25, -0.2) is 0 Å². The largest absolute Gasteiger partial charge is 0.497 e. The summed E-state index contributed by atoms with van der Waals surface area (Å²) >= 11 is 0. The van der Waals surface area contributed by atoms with Gasteiger partial charge in [0.15, 0.2) is 0 Å². The summed E-state index contributed by atoms with van der Waals surface area (Å²) in [5, 5.41) is 7.84. The van der Waals surface area contributed by atoms with E-state index in [0.29, 0.717) is 19.0 Å². The fraction of sp³-hybridized carbons (Fsp3) is 0.231.